The summed E-state index contributed by atoms with van der Waals surface area (Å²) in [4.78, 5) is 10.6. The van der Waals surface area contributed by atoms with Crippen LogP contribution < -0.4 is 5.73 Å². The molecule has 0 aliphatic carbocycles. The lowest BCUT2D eigenvalue weighted by molar-refractivity contribution is 0.0342. The molecule has 2 atom stereocenters. The van der Waals surface area contributed by atoms with Crippen LogP contribution in [0.1, 0.15) is 22.0 Å². The van der Waals surface area contributed by atoms with Gasteiger partial charge in [0.15, 0.2) is 0 Å². The highest BCUT2D eigenvalue weighted by molar-refractivity contribution is 7.80. The Kier molecular flexibility index (Phi) is 4.17. The normalized spacial score (nSPS) is 14.4. The molecule has 5 nitrogen and oxygen atoms in total. The van der Waals surface area contributed by atoms with Crippen LogP contribution in [0, 0.1) is 0 Å². The zero-order chi connectivity index (χ0) is 12.3. The first-order chi connectivity index (χ1) is 7.47. The first kappa shape index (κ1) is 12.8. The molecule has 0 amide bonds. The van der Waals surface area contributed by atoms with Crippen molar-refractivity contribution in [3.8, 4) is 0 Å². The highest BCUT2D eigenvalue weighted by Crippen LogP contribution is 2.24. The third kappa shape index (κ3) is 2.66. The fourth-order valence-electron chi connectivity index (χ4n) is 1.28. The number of aromatic carboxylic acids is 1. The van der Waals surface area contributed by atoms with Gasteiger partial charge in [-0.3, -0.25) is 0 Å². The van der Waals surface area contributed by atoms with Crippen molar-refractivity contribution in [2.75, 3.05) is 11.5 Å². The second kappa shape index (κ2) is 5.20. The van der Waals surface area contributed by atoms with Crippen LogP contribution in [0.4, 0.5) is 5.69 Å². The van der Waals surface area contributed by atoms with Gasteiger partial charge < -0.3 is 21.1 Å². The molecule has 6 heteroatoms. The lowest BCUT2D eigenvalue weighted by Crippen LogP contribution is -2.21. The minimum atomic E-state index is -1.17. The summed E-state index contributed by atoms with van der Waals surface area (Å²) in [6.45, 7) is 0. The van der Waals surface area contributed by atoms with E-state index in [1.54, 1.807) is 0 Å². The van der Waals surface area contributed by atoms with Crippen LogP contribution in [0.15, 0.2) is 18.2 Å². The van der Waals surface area contributed by atoms with Crippen molar-refractivity contribution in [2.24, 2.45) is 0 Å². The van der Waals surface area contributed by atoms with Crippen LogP contribution in [-0.4, -0.2) is 33.1 Å². The predicted octanol–water partition coefficient (Wildman–Crippen LogP) is 0.291. The van der Waals surface area contributed by atoms with Gasteiger partial charge in [-0.05, 0) is 12.1 Å². The Morgan fingerprint density at radius 3 is 2.50 bits per heavy atom. The molecule has 88 valence electrons. The number of benzene rings is 1. The van der Waals surface area contributed by atoms with E-state index in [0.29, 0.717) is 5.56 Å². The number of anilines is 1. The number of aliphatic hydroxyl groups excluding tert-OH is 2. The summed E-state index contributed by atoms with van der Waals surface area (Å²) in [7, 11) is 0. The Morgan fingerprint density at radius 1 is 1.44 bits per heavy atom. The number of aliphatic hydroxyl groups is 2. The number of hydrogen-bond acceptors (Lipinski definition) is 5. The van der Waals surface area contributed by atoms with Crippen molar-refractivity contribution in [2.45, 2.75) is 12.2 Å². The topological polar surface area (TPSA) is 104 Å². The summed E-state index contributed by atoms with van der Waals surface area (Å²) in [6, 6.07) is 3.95. The molecule has 0 saturated carbocycles. The summed E-state index contributed by atoms with van der Waals surface area (Å²) >= 11 is 3.85. The van der Waals surface area contributed by atoms with Gasteiger partial charge in [-0.1, -0.05) is 6.07 Å². The molecule has 0 aliphatic rings. The average molecular weight is 243 g/mol. The molecule has 1 aromatic rings. The van der Waals surface area contributed by atoms with Gasteiger partial charge in [-0.2, -0.15) is 12.6 Å². The Balaban J connectivity index is 3.03. The predicted molar refractivity (Wildman–Crippen MR) is 62.6 cm³/mol. The summed E-state index contributed by atoms with van der Waals surface area (Å²) in [6.07, 6.45) is -2.21. The highest BCUT2D eigenvalue weighted by atomic mass is 32.1. The Labute approximate surface area is 97.9 Å². The van der Waals surface area contributed by atoms with E-state index in [4.69, 9.17) is 10.8 Å². The lowest BCUT2D eigenvalue weighted by Gasteiger charge is -2.18. The Bertz CT molecular complexity index is 396. The molecule has 0 heterocycles. The van der Waals surface area contributed by atoms with Crippen LogP contribution in [0.3, 0.4) is 0 Å². The summed E-state index contributed by atoms with van der Waals surface area (Å²) in [5, 5.41) is 27.8. The van der Waals surface area contributed by atoms with Crippen LogP contribution in [0.2, 0.25) is 0 Å². The van der Waals surface area contributed by atoms with Crippen molar-refractivity contribution >= 4 is 24.3 Å². The van der Waals surface area contributed by atoms with E-state index in [0.717, 1.165) is 0 Å². The van der Waals surface area contributed by atoms with E-state index < -0.39 is 18.2 Å². The van der Waals surface area contributed by atoms with Crippen LogP contribution >= 0.6 is 12.6 Å². The van der Waals surface area contributed by atoms with Gasteiger partial charge in [0.2, 0.25) is 0 Å². The molecule has 1 rings (SSSR count). The van der Waals surface area contributed by atoms with E-state index in [1.165, 1.54) is 18.2 Å². The van der Waals surface area contributed by atoms with Gasteiger partial charge in [0.1, 0.15) is 6.10 Å². The first-order valence-corrected chi connectivity index (χ1v) is 5.20. The molecule has 0 radical (unpaired) electrons. The molecule has 2 unspecified atom stereocenters. The van der Waals surface area contributed by atoms with Gasteiger partial charge in [0, 0.05) is 17.0 Å². The summed E-state index contributed by atoms with van der Waals surface area (Å²) < 4.78 is 0. The summed E-state index contributed by atoms with van der Waals surface area (Å²) in [5.41, 5.74) is 6.06. The summed E-state index contributed by atoms with van der Waals surface area (Å²) in [5.74, 6) is -1.01. The standard InChI is InChI=1S/C10H13NO4S/c11-7-3-5(10(14)15)1-2-6(7)9(13)8(12)4-16/h1-3,8-9,12-13,16H,4,11H2,(H,14,15). The maximum absolute atomic E-state index is 10.6. The van der Waals surface area contributed by atoms with Gasteiger partial charge in [0.05, 0.1) is 11.7 Å². The molecule has 16 heavy (non-hydrogen) atoms. The fourth-order valence-corrected chi connectivity index (χ4v) is 1.48. The van der Waals surface area contributed by atoms with Crippen molar-refractivity contribution < 1.29 is 20.1 Å². The monoisotopic (exact) mass is 243 g/mol. The average Bonchev–Trinajstić information content (AvgIpc) is 2.26. The zero-order valence-electron chi connectivity index (χ0n) is 8.37. The fraction of sp³-hybridized carbons (Fsp3) is 0.300. The molecule has 0 spiro atoms. The first-order valence-electron chi connectivity index (χ1n) is 4.57. The number of thiol groups is 1. The van der Waals surface area contributed by atoms with Crippen LogP contribution in [0.5, 0.6) is 0 Å². The Hall–Kier alpha value is -1.24. The molecule has 1 aromatic carbocycles. The quantitative estimate of drug-likeness (QED) is 0.386. The van der Waals surface area contributed by atoms with E-state index in [9.17, 15) is 15.0 Å². The molecule has 5 N–H and O–H groups in total. The zero-order valence-corrected chi connectivity index (χ0v) is 9.26. The smallest absolute Gasteiger partial charge is 0.335 e. The third-order valence-electron chi connectivity index (χ3n) is 2.20. The van der Waals surface area contributed by atoms with Gasteiger partial charge in [-0.25, -0.2) is 4.79 Å². The highest BCUT2D eigenvalue weighted by Gasteiger charge is 2.19. The van der Waals surface area contributed by atoms with Crippen LogP contribution in [-0.2, 0) is 0 Å². The number of rotatable bonds is 4. The second-order valence-corrected chi connectivity index (χ2v) is 3.71. The van der Waals surface area contributed by atoms with Crippen molar-refractivity contribution in [1.29, 1.82) is 0 Å². The maximum Gasteiger partial charge on any atom is 0.335 e. The van der Waals surface area contributed by atoms with Crippen molar-refractivity contribution in [1.82, 2.24) is 0 Å². The van der Waals surface area contributed by atoms with E-state index in [1.807, 2.05) is 0 Å². The van der Waals surface area contributed by atoms with Crippen molar-refractivity contribution in [3.05, 3.63) is 29.3 Å². The van der Waals surface area contributed by atoms with Crippen molar-refractivity contribution in [3.63, 3.8) is 0 Å². The molecule has 0 fully saturated rings. The third-order valence-corrected chi connectivity index (χ3v) is 2.58. The van der Waals surface area contributed by atoms with E-state index in [-0.39, 0.29) is 17.0 Å². The van der Waals surface area contributed by atoms with Gasteiger partial charge in [-0.15, -0.1) is 0 Å². The molecular formula is C10H13NO4S. The maximum atomic E-state index is 10.6. The number of hydrogen-bond donors (Lipinski definition) is 5. The van der Waals surface area contributed by atoms with Gasteiger partial charge >= 0.3 is 5.97 Å². The van der Waals surface area contributed by atoms with Gasteiger partial charge in [0.25, 0.3) is 0 Å². The van der Waals surface area contributed by atoms with E-state index in [2.05, 4.69) is 12.6 Å². The molecular weight excluding hydrogens is 230 g/mol. The second-order valence-electron chi connectivity index (χ2n) is 3.34. The molecule has 0 bridgehead atoms. The largest absolute Gasteiger partial charge is 0.478 e. The minimum Gasteiger partial charge on any atom is -0.478 e. The number of carboxylic acids is 1. The molecule has 0 saturated heterocycles. The van der Waals surface area contributed by atoms with Crippen LogP contribution in [0.25, 0.3) is 0 Å². The number of nitrogen functional groups attached to an aromatic ring is 1. The number of carboxylic acid groups (broad SMARTS) is 1. The van der Waals surface area contributed by atoms with E-state index >= 15 is 0 Å². The lowest BCUT2D eigenvalue weighted by atomic mass is 10.0. The number of carbonyl (C=O) groups is 1. The number of nitrogens with two attached hydrogens (primary N) is 1. The molecule has 0 aromatic heterocycles. The SMILES string of the molecule is Nc1cc(C(=O)O)ccc1C(O)C(O)CS. The Morgan fingerprint density at radius 2 is 2.06 bits per heavy atom. The minimum absolute atomic E-state index is 0.0359. The molecule has 0 aliphatic heterocycles.